The van der Waals surface area contributed by atoms with Crippen molar-refractivity contribution in [2.45, 2.75) is 60.8 Å². The summed E-state index contributed by atoms with van der Waals surface area (Å²) >= 11 is 0. The van der Waals surface area contributed by atoms with Gasteiger partial charge in [0, 0.05) is 6.54 Å². The summed E-state index contributed by atoms with van der Waals surface area (Å²) in [4.78, 5) is 36.0. The molecule has 0 aliphatic heterocycles. The van der Waals surface area contributed by atoms with Gasteiger partial charge in [-0.25, -0.2) is 0 Å². The summed E-state index contributed by atoms with van der Waals surface area (Å²) in [7, 11) is 3.98. The van der Waals surface area contributed by atoms with Crippen LogP contribution >= 0.6 is 0 Å². The van der Waals surface area contributed by atoms with E-state index in [2.05, 4.69) is 40.0 Å². The van der Waals surface area contributed by atoms with Crippen molar-refractivity contribution in [1.29, 1.82) is 0 Å². The van der Waals surface area contributed by atoms with Crippen LogP contribution < -0.4 is 27.0 Å². The normalized spacial score (nSPS) is 9.00. The van der Waals surface area contributed by atoms with Crippen LogP contribution in [0.25, 0.3) is 0 Å². The van der Waals surface area contributed by atoms with Gasteiger partial charge in [-0.15, -0.1) is 0 Å². The van der Waals surface area contributed by atoms with Gasteiger partial charge in [-0.3, -0.25) is 14.4 Å². The summed E-state index contributed by atoms with van der Waals surface area (Å²) in [6.45, 7) is 15.3. The van der Waals surface area contributed by atoms with Gasteiger partial charge >= 0.3 is 0 Å². The number of carbonyl (C=O) groups is 3. The van der Waals surface area contributed by atoms with Crippen LogP contribution in [0.4, 0.5) is 0 Å². The summed E-state index contributed by atoms with van der Waals surface area (Å²) in [6.07, 6.45) is 3.19. The Morgan fingerprint density at radius 2 is 1.17 bits per heavy atom. The number of nitrogens with one attached hydrogen (secondary N) is 4. The van der Waals surface area contributed by atoms with Gasteiger partial charge in [0.05, 0.1) is 19.6 Å². The zero-order chi connectivity index (χ0) is 24.2. The second-order valence-electron chi connectivity index (χ2n) is 5.93. The molecule has 0 radical (unpaired) electrons. The number of hydrogen-bond acceptors (Lipinski definition) is 6. The van der Waals surface area contributed by atoms with Crippen molar-refractivity contribution < 1.29 is 14.4 Å². The molecule has 0 saturated heterocycles. The number of nitrogens with zero attached hydrogens (tertiary/aromatic N) is 1. The van der Waals surface area contributed by atoms with Crippen LogP contribution in [0.5, 0.6) is 0 Å². The van der Waals surface area contributed by atoms with Gasteiger partial charge in [0.25, 0.3) is 0 Å². The molecule has 0 heterocycles. The molecule has 0 aliphatic carbocycles. The van der Waals surface area contributed by atoms with E-state index < -0.39 is 11.8 Å². The van der Waals surface area contributed by atoms with Crippen LogP contribution in [0.3, 0.4) is 0 Å². The smallest absolute Gasteiger partial charge is 0.239 e. The molecule has 9 nitrogen and oxygen atoms in total. The van der Waals surface area contributed by atoms with Crippen molar-refractivity contribution in [3.63, 3.8) is 0 Å². The molecule has 0 aromatic rings. The second kappa shape index (κ2) is 32.0. The van der Waals surface area contributed by atoms with Gasteiger partial charge in [-0.2, -0.15) is 0 Å². The fraction of sp³-hybridized carbons (Fsp3) is 0.857. The second-order valence-corrected chi connectivity index (χ2v) is 5.93. The summed E-state index contributed by atoms with van der Waals surface area (Å²) in [5.74, 6) is -1.09. The van der Waals surface area contributed by atoms with Gasteiger partial charge in [0.15, 0.2) is 0 Å². The lowest BCUT2D eigenvalue weighted by atomic mass is 10.3. The lowest BCUT2D eigenvalue weighted by molar-refractivity contribution is -0.127. The van der Waals surface area contributed by atoms with Gasteiger partial charge in [0.1, 0.15) is 0 Å². The molecule has 0 aromatic carbocycles. The maximum Gasteiger partial charge on any atom is 0.239 e. The molecule has 0 bridgehead atoms. The highest BCUT2D eigenvalue weighted by Gasteiger charge is 2.06. The molecule has 0 unspecified atom stereocenters. The minimum Gasteiger partial charge on any atom is -0.355 e. The maximum atomic E-state index is 11.5. The standard InChI is InChI=1S/C14H30N6O3.C3H8.2C2H6/c1-16-5-3-7-20(2)8-4-6-17-13(22)10-19-14(23)11-18-12(21)9-15;1-3-2;2*1-2/h16H,3-11,15H2,1-2H3,(H,17,22)(H,18,21)(H,19,23);3H2,1-2H3;2*1-2H3. The Labute approximate surface area is 185 Å². The SMILES string of the molecule is CC.CC.CCC.CNCCCN(C)CCCNC(=O)CNC(=O)CNC(=O)CN. The van der Waals surface area contributed by atoms with Crippen molar-refractivity contribution in [1.82, 2.24) is 26.2 Å². The Morgan fingerprint density at radius 1 is 0.767 bits per heavy atom. The molecular weight excluding hydrogens is 384 g/mol. The van der Waals surface area contributed by atoms with Crippen LogP contribution in [0.2, 0.25) is 0 Å². The average Bonchev–Trinajstić information content (AvgIpc) is 2.77. The number of amides is 3. The largest absolute Gasteiger partial charge is 0.355 e. The molecule has 0 atom stereocenters. The van der Waals surface area contributed by atoms with Crippen LogP contribution in [-0.4, -0.2) is 82.5 Å². The van der Waals surface area contributed by atoms with E-state index in [1.165, 1.54) is 6.42 Å². The van der Waals surface area contributed by atoms with Gasteiger partial charge in [-0.05, 0) is 46.6 Å². The highest BCUT2D eigenvalue weighted by molar-refractivity contribution is 5.88. The Bertz CT molecular complexity index is 382. The molecule has 182 valence electrons. The van der Waals surface area contributed by atoms with E-state index in [9.17, 15) is 14.4 Å². The van der Waals surface area contributed by atoms with Crippen LogP contribution in [0, 0.1) is 0 Å². The van der Waals surface area contributed by atoms with Gasteiger partial charge < -0.3 is 31.9 Å². The number of hydrogen-bond donors (Lipinski definition) is 5. The molecule has 0 spiro atoms. The molecule has 30 heavy (non-hydrogen) atoms. The molecule has 0 saturated carbocycles. The van der Waals surface area contributed by atoms with Crippen LogP contribution in [0.15, 0.2) is 0 Å². The predicted molar refractivity (Wildman–Crippen MR) is 127 cm³/mol. The average molecular weight is 435 g/mol. The minimum atomic E-state index is -0.425. The third-order valence-corrected chi connectivity index (χ3v) is 3.08. The van der Waals surface area contributed by atoms with Crippen molar-refractivity contribution in [2.24, 2.45) is 5.73 Å². The topological polar surface area (TPSA) is 129 Å². The monoisotopic (exact) mass is 434 g/mol. The molecule has 6 N–H and O–H groups in total. The molecule has 0 fully saturated rings. The Hall–Kier alpha value is -1.71. The van der Waals surface area contributed by atoms with Gasteiger partial charge in [-0.1, -0.05) is 48.0 Å². The third kappa shape index (κ3) is 33.8. The van der Waals surface area contributed by atoms with Gasteiger partial charge in [0.2, 0.25) is 17.7 Å². The predicted octanol–water partition coefficient (Wildman–Crippen LogP) is 0.694. The summed E-state index contributed by atoms with van der Waals surface area (Å²) in [6, 6.07) is 0. The Balaban J connectivity index is -0.000000427. The molecule has 3 amide bonds. The zero-order valence-electron chi connectivity index (χ0n) is 20.8. The summed E-state index contributed by atoms with van der Waals surface area (Å²) < 4.78 is 0. The number of carbonyl (C=O) groups excluding carboxylic acids is 3. The first-order valence-electron chi connectivity index (χ1n) is 11.2. The van der Waals surface area contributed by atoms with Crippen molar-refractivity contribution in [3.8, 4) is 0 Å². The first-order valence-corrected chi connectivity index (χ1v) is 11.2. The molecule has 0 rings (SSSR count). The fourth-order valence-corrected chi connectivity index (χ4v) is 1.77. The molecule has 0 aromatic heterocycles. The zero-order valence-corrected chi connectivity index (χ0v) is 20.8. The number of rotatable bonds is 13. The fourth-order valence-electron chi connectivity index (χ4n) is 1.77. The van der Waals surface area contributed by atoms with Crippen molar-refractivity contribution in [3.05, 3.63) is 0 Å². The molecule has 0 aliphatic rings. The summed E-state index contributed by atoms with van der Waals surface area (Å²) in [5.41, 5.74) is 5.09. The maximum absolute atomic E-state index is 11.5. The highest BCUT2D eigenvalue weighted by atomic mass is 16.2. The Kier molecular flexibility index (Phi) is 38.1. The van der Waals surface area contributed by atoms with E-state index in [1.807, 2.05) is 41.8 Å². The first kappa shape index (κ1) is 35.7. The lowest BCUT2D eigenvalue weighted by Crippen LogP contribution is -2.43. The van der Waals surface area contributed by atoms with E-state index in [-0.39, 0.29) is 25.5 Å². The van der Waals surface area contributed by atoms with E-state index in [0.29, 0.717) is 6.54 Å². The van der Waals surface area contributed by atoms with E-state index in [0.717, 1.165) is 32.5 Å². The highest BCUT2D eigenvalue weighted by Crippen LogP contribution is 1.89. The number of nitrogens with two attached hydrogens (primary N) is 1. The van der Waals surface area contributed by atoms with Crippen molar-refractivity contribution in [2.75, 3.05) is 59.9 Å². The minimum absolute atomic E-state index is 0.102. The van der Waals surface area contributed by atoms with E-state index >= 15 is 0 Å². The van der Waals surface area contributed by atoms with E-state index in [4.69, 9.17) is 5.73 Å². The molecular formula is C21H50N6O3. The third-order valence-electron chi connectivity index (χ3n) is 3.08. The lowest BCUT2D eigenvalue weighted by Gasteiger charge is -2.16. The summed E-state index contributed by atoms with van der Waals surface area (Å²) in [5, 5.41) is 10.6. The van der Waals surface area contributed by atoms with Crippen LogP contribution in [0.1, 0.15) is 60.8 Å². The van der Waals surface area contributed by atoms with Crippen molar-refractivity contribution >= 4 is 17.7 Å². The Morgan fingerprint density at radius 3 is 1.60 bits per heavy atom. The first-order chi connectivity index (χ1) is 14.4. The molecule has 9 heteroatoms. The van der Waals surface area contributed by atoms with E-state index in [1.54, 1.807) is 0 Å². The van der Waals surface area contributed by atoms with Crippen LogP contribution in [-0.2, 0) is 14.4 Å². The quantitative estimate of drug-likeness (QED) is 0.271.